The fourth-order valence-corrected chi connectivity index (χ4v) is 8.47. The predicted molar refractivity (Wildman–Crippen MR) is 185 cm³/mol. The highest BCUT2D eigenvalue weighted by molar-refractivity contribution is 6.48. The van der Waals surface area contributed by atoms with E-state index in [0.29, 0.717) is 17.4 Å². The summed E-state index contributed by atoms with van der Waals surface area (Å²) in [4.78, 5) is 51.8. The molecule has 7 atom stereocenters. The van der Waals surface area contributed by atoms with Gasteiger partial charge in [0, 0.05) is 5.92 Å². The Bertz CT molecular complexity index is 1450. The van der Waals surface area contributed by atoms with Crippen LogP contribution in [-0.4, -0.2) is 84.3 Å². The number of nitrogens with one attached hydrogen (secondary N) is 3. The highest BCUT2D eigenvalue weighted by atomic mass is 16.7. The van der Waals surface area contributed by atoms with E-state index in [4.69, 9.17) is 23.5 Å². The Morgan fingerprint density at radius 2 is 1.52 bits per heavy atom. The molecule has 0 radical (unpaired) electrons. The smallest absolute Gasteiger partial charge is 0.482 e. The molecule has 6 rings (SSSR count). The van der Waals surface area contributed by atoms with Crippen molar-refractivity contribution in [2.24, 2.45) is 23.2 Å². The number of carboxylic acid groups (broad SMARTS) is 1. The number of carbonyl (C=O) groups excluding carboxylic acids is 3. The lowest BCUT2D eigenvalue weighted by Crippen LogP contribution is -2.65. The molecule has 4 aliphatic carbocycles. The van der Waals surface area contributed by atoms with Gasteiger partial charge in [0.25, 0.3) is 0 Å². The molecule has 13 nitrogen and oxygen atoms in total. The number of methoxy groups -OCH3 is 1. The van der Waals surface area contributed by atoms with Crippen molar-refractivity contribution >= 4 is 31.2 Å². The molecule has 5 fully saturated rings. The summed E-state index contributed by atoms with van der Waals surface area (Å²) >= 11 is 0. The maximum absolute atomic E-state index is 14.2. The van der Waals surface area contributed by atoms with Crippen LogP contribution in [0.25, 0.3) is 0 Å². The molecule has 0 aromatic heterocycles. The first-order valence-electron chi connectivity index (χ1n) is 17.6. The van der Waals surface area contributed by atoms with Gasteiger partial charge in [0.05, 0.1) is 36.8 Å². The Hall–Kier alpha value is -3.52. The molecule has 5 aliphatic rings. The number of para-hydroxylation sites is 1. The fourth-order valence-electron chi connectivity index (χ4n) is 8.47. The quantitative estimate of drug-likeness (QED) is 0.261. The summed E-state index contributed by atoms with van der Waals surface area (Å²) in [5.74, 6) is -1.75. The molecule has 3 amide bonds. The van der Waals surface area contributed by atoms with Crippen LogP contribution in [0.3, 0.4) is 0 Å². The van der Waals surface area contributed by atoms with E-state index in [1.54, 1.807) is 53.7 Å². The number of carbonyl (C=O) groups is 4. The standard InChI is InChI=1S/C36H54BN3O10/c1-33(2,3)47-31(44)38-23-14-20(15-24(23)39-32(45)48-34(4,5)6)29(41)40-27(16-19-12-11-13-22(30(42)43)28(19)46-10)37-49-26-18-21-17-25(35(21,7)8)36(26,9)50-37/h11-13,20-21,23-27H,14-18H2,1-10H3,(H,38,44)(H,39,45)(H,40,41)(H,42,43)/t21?,23-,24-,25?,26?,27-,36?/m0/s1. The maximum Gasteiger partial charge on any atom is 0.482 e. The number of alkyl carbamates (subject to hydrolysis) is 2. The summed E-state index contributed by atoms with van der Waals surface area (Å²) in [6.07, 6.45) is 1.07. The van der Waals surface area contributed by atoms with Gasteiger partial charge >= 0.3 is 25.3 Å². The average Bonchev–Trinajstić information content (AvgIpc) is 3.54. The first-order valence-corrected chi connectivity index (χ1v) is 17.6. The van der Waals surface area contributed by atoms with E-state index in [9.17, 15) is 24.3 Å². The molecule has 4 unspecified atom stereocenters. The zero-order valence-corrected chi connectivity index (χ0v) is 31.0. The third kappa shape index (κ3) is 7.85. The highest BCUT2D eigenvalue weighted by Gasteiger charge is 2.68. The van der Waals surface area contributed by atoms with E-state index in [2.05, 4.69) is 36.7 Å². The lowest BCUT2D eigenvalue weighted by atomic mass is 9.43. The monoisotopic (exact) mass is 699 g/mol. The van der Waals surface area contributed by atoms with Crippen LogP contribution in [0.15, 0.2) is 18.2 Å². The molecule has 1 aromatic rings. The number of aromatic carboxylic acids is 1. The summed E-state index contributed by atoms with van der Waals surface area (Å²) in [6, 6.07) is 3.65. The Labute approximate surface area is 295 Å². The molecule has 14 heteroatoms. The molecule has 4 saturated carbocycles. The van der Waals surface area contributed by atoms with Gasteiger partial charge < -0.3 is 44.6 Å². The minimum absolute atomic E-state index is 0.00875. The maximum atomic E-state index is 14.2. The minimum atomic E-state index is -1.13. The second kappa shape index (κ2) is 13.6. The molecule has 0 spiro atoms. The third-order valence-corrected chi connectivity index (χ3v) is 10.9. The Kier molecular flexibility index (Phi) is 10.2. The molecular formula is C36H54BN3O10. The van der Waals surface area contributed by atoms with E-state index in [1.165, 1.54) is 13.2 Å². The zero-order chi connectivity index (χ0) is 37.0. The Balaban J connectivity index is 1.39. The van der Waals surface area contributed by atoms with Gasteiger partial charge in [-0.05, 0) is 109 Å². The SMILES string of the molecule is COc1c(C[C@H](NC(=O)C2C[C@H](NC(=O)OC(C)(C)C)[C@@H](NC(=O)OC(C)(C)C)C2)B2OC3CC4CC(C4(C)C)C3(C)O2)cccc1C(=O)O. The lowest BCUT2D eigenvalue weighted by Gasteiger charge is -2.64. The van der Waals surface area contributed by atoms with Crippen molar-refractivity contribution < 1.29 is 47.8 Å². The first-order chi connectivity index (χ1) is 23.1. The van der Waals surface area contributed by atoms with Gasteiger partial charge in [0.15, 0.2) is 0 Å². The second-order valence-electron chi connectivity index (χ2n) is 17.1. The van der Waals surface area contributed by atoms with Gasteiger partial charge in [0.2, 0.25) is 5.91 Å². The molecule has 1 heterocycles. The number of benzene rings is 1. The number of carboxylic acids is 1. The third-order valence-electron chi connectivity index (χ3n) is 10.9. The average molecular weight is 700 g/mol. The topological polar surface area (TPSA) is 171 Å². The zero-order valence-electron chi connectivity index (χ0n) is 31.0. The van der Waals surface area contributed by atoms with Crippen molar-refractivity contribution in [1.29, 1.82) is 0 Å². The fraction of sp³-hybridized carbons (Fsp3) is 0.722. The lowest BCUT2D eigenvalue weighted by molar-refractivity contribution is -0.199. The minimum Gasteiger partial charge on any atom is -0.496 e. The number of ether oxygens (including phenoxy) is 3. The van der Waals surface area contributed by atoms with Crippen molar-refractivity contribution in [2.45, 2.75) is 135 Å². The first kappa shape index (κ1) is 37.7. The van der Waals surface area contributed by atoms with Crippen LogP contribution in [0.2, 0.25) is 0 Å². The number of hydrogen-bond acceptors (Lipinski definition) is 9. The van der Waals surface area contributed by atoms with Gasteiger partial charge in [-0.3, -0.25) is 4.79 Å². The van der Waals surface area contributed by atoms with Crippen LogP contribution in [0, 0.1) is 23.2 Å². The van der Waals surface area contributed by atoms with Gasteiger partial charge in [-0.25, -0.2) is 14.4 Å². The molecule has 1 aliphatic heterocycles. The van der Waals surface area contributed by atoms with Gasteiger partial charge in [-0.1, -0.05) is 26.0 Å². The largest absolute Gasteiger partial charge is 0.496 e. The van der Waals surface area contributed by atoms with E-state index < -0.39 is 66.0 Å². The van der Waals surface area contributed by atoms with Gasteiger partial charge in [-0.15, -0.1) is 0 Å². The van der Waals surface area contributed by atoms with E-state index in [-0.39, 0.29) is 48.0 Å². The Morgan fingerprint density at radius 1 is 0.940 bits per heavy atom. The molecule has 1 saturated heterocycles. The van der Waals surface area contributed by atoms with E-state index >= 15 is 0 Å². The van der Waals surface area contributed by atoms with Crippen molar-refractivity contribution in [3.05, 3.63) is 29.3 Å². The summed E-state index contributed by atoms with van der Waals surface area (Å²) in [7, 11) is 0.607. The van der Waals surface area contributed by atoms with Crippen LogP contribution in [0.5, 0.6) is 5.75 Å². The molecule has 4 N–H and O–H groups in total. The Morgan fingerprint density at radius 3 is 2.02 bits per heavy atom. The summed E-state index contributed by atoms with van der Waals surface area (Å²) < 4.78 is 29.9. The van der Waals surface area contributed by atoms with Crippen molar-refractivity contribution in [3.63, 3.8) is 0 Å². The van der Waals surface area contributed by atoms with Gasteiger partial charge in [-0.2, -0.15) is 0 Å². The van der Waals surface area contributed by atoms with E-state index in [1.807, 2.05) is 0 Å². The van der Waals surface area contributed by atoms with Crippen molar-refractivity contribution in [3.8, 4) is 5.75 Å². The highest BCUT2D eigenvalue weighted by Crippen LogP contribution is 2.65. The summed E-state index contributed by atoms with van der Waals surface area (Å²) in [6.45, 7) is 17.2. The molecule has 2 bridgehead atoms. The van der Waals surface area contributed by atoms with Crippen molar-refractivity contribution in [2.75, 3.05) is 7.11 Å². The summed E-state index contributed by atoms with van der Waals surface area (Å²) in [5.41, 5.74) is -1.34. The second-order valence-corrected chi connectivity index (χ2v) is 17.1. The number of rotatable bonds is 9. The van der Waals surface area contributed by atoms with Crippen LogP contribution >= 0.6 is 0 Å². The van der Waals surface area contributed by atoms with E-state index in [0.717, 1.165) is 12.8 Å². The molecule has 50 heavy (non-hydrogen) atoms. The van der Waals surface area contributed by atoms with Crippen LogP contribution in [0.1, 0.15) is 104 Å². The van der Waals surface area contributed by atoms with Crippen LogP contribution < -0.4 is 20.7 Å². The van der Waals surface area contributed by atoms with Crippen LogP contribution in [0.4, 0.5) is 9.59 Å². The molecule has 276 valence electrons. The molecular weight excluding hydrogens is 645 g/mol. The number of amides is 3. The summed E-state index contributed by atoms with van der Waals surface area (Å²) in [5, 5.41) is 18.7. The van der Waals surface area contributed by atoms with Gasteiger partial charge in [0.1, 0.15) is 22.5 Å². The van der Waals surface area contributed by atoms with Crippen LogP contribution in [-0.2, 0) is 30.0 Å². The molecule has 1 aromatic carbocycles. The predicted octanol–water partition coefficient (Wildman–Crippen LogP) is 4.88. The van der Waals surface area contributed by atoms with Crippen molar-refractivity contribution in [1.82, 2.24) is 16.0 Å². The normalized spacial score (nSPS) is 29.2. The number of hydrogen-bond donors (Lipinski definition) is 4.